The molecule has 0 heterocycles. The highest BCUT2D eigenvalue weighted by Gasteiger charge is 2.27. The third-order valence-electron chi connectivity index (χ3n) is 2.43. The maximum atomic E-state index is 11.7. The summed E-state index contributed by atoms with van der Waals surface area (Å²) in [5.41, 5.74) is 0. The van der Waals surface area contributed by atoms with E-state index < -0.39 is 18.9 Å². The maximum Gasteiger partial charge on any atom is 0.411 e. The van der Waals surface area contributed by atoms with Crippen molar-refractivity contribution in [2.45, 2.75) is 25.1 Å². The fourth-order valence-electron chi connectivity index (χ4n) is 1.32. The van der Waals surface area contributed by atoms with Crippen molar-refractivity contribution in [1.29, 1.82) is 0 Å². The van der Waals surface area contributed by atoms with Crippen molar-refractivity contribution in [3.8, 4) is 0 Å². The third-order valence-corrected chi connectivity index (χ3v) is 2.43. The molecule has 0 saturated heterocycles. The van der Waals surface area contributed by atoms with Crippen LogP contribution >= 0.6 is 0 Å². The summed E-state index contributed by atoms with van der Waals surface area (Å²) in [7, 11) is 0. The molecule has 1 unspecified atom stereocenters. The summed E-state index contributed by atoms with van der Waals surface area (Å²) >= 11 is 0. The molecule has 0 aromatic carbocycles. The topological polar surface area (TPSA) is 50.7 Å². The molecule has 0 spiro atoms. The number of alkyl halides is 3. The van der Waals surface area contributed by atoms with E-state index >= 15 is 0 Å². The van der Waals surface area contributed by atoms with Crippen molar-refractivity contribution in [1.82, 2.24) is 5.32 Å². The molecule has 1 aliphatic carbocycles. The molecule has 1 fully saturated rings. The number of halogens is 3. The van der Waals surface area contributed by atoms with E-state index in [1.165, 1.54) is 12.8 Å². The van der Waals surface area contributed by atoms with Gasteiger partial charge in [-0.2, -0.15) is 13.2 Å². The highest BCUT2D eigenvalue weighted by atomic mass is 19.4. The van der Waals surface area contributed by atoms with Crippen molar-refractivity contribution in [2.75, 3.05) is 39.5 Å². The smallest absolute Gasteiger partial charge is 0.389 e. The SMILES string of the molecule is OC(CNCCOCC(F)(F)F)COCC1CC1. The molecule has 1 rings (SSSR count). The average molecular weight is 271 g/mol. The molecule has 0 aromatic rings. The van der Waals surface area contributed by atoms with Gasteiger partial charge < -0.3 is 19.9 Å². The molecular formula is C11H20F3NO3. The summed E-state index contributed by atoms with van der Waals surface area (Å²) in [4.78, 5) is 0. The van der Waals surface area contributed by atoms with E-state index in [1.807, 2.05) is 0 Å². The number of aliphatic hydroxyl groups is 1. The van der Waals surface area contributed by atoms with Crippen LogP contribution in [0.2, 0.25) is 0 Å². The molecule has 7 heteroatoms. The van der Waals surface area contributed by atoms with Crippen LogP contribution in [0.3, 0.4) is 0 Å². The van der Waals surface area contributed by atoms with E-state index in [0.717, 1.165) is 0 Å². The van der Waals surface area contributed by atoms with E-state index in [1.54, 1.807) is 0 Å². The lowest BCUT2D eigenvalue weighted by Gasteiger charge is -2.12. The summed E-state index contributed by atoms with van der Waals surface area (Å²) < 4.78 is 44.8. The van der Waals surface area contributed by atoms with Crippen molar-refractivity contribution in [3.63, 3.8) is 0 Å². The summed E-state index contributed by atoms with van der Waals surface area (Å²) in [5.74, 6) is 0.654. The summed E-state index contributed by atoms with van der Waals surface area (Å²) in [6.07, 6.45) is -2.52. The molecule has 1 atom stereocenters. The van der Waals surface area contributed by atoms with Crippen LogP contribution in [0.4, 0.5) is 13.2 Å². The predicted molar refractivity (Wildman–Crippen MR) is 59.3 cm³/mol. The van der Waals surface area contributed by atoms with Gasteiger partial charge in [0.15, 0.2) is 0 Å². The monoisotopic (exact) mass is 271 g/mol. The number of hydrogen-bond donors (Lipinski definition) is 2. The Morgan fingerprint density at radius 1 is 1.28 bits per heavy atom. The number of nitrogens with one attached hydrogen (secondary N) is 1. The fourth-order valence-corrected chi connectivity index (χ4v) is 1.32. The largest absolute Gasteiger partial charge is 0.411 e. The van der Waals surface area contributed by atoms with E-state index in [9.17, 15) is 18.3 Å². The van der Waals surface area contributed by atoms with Crippen molar-refractivity contribution >= 4 is 0 Å². The minimum absolute atomic E-state index is 0.0326. The van der Waals surface area contributed by atoms with Crippen molar-refractivity contribution in [3.05, 3.63) is 0 Å². The second kappa shape index (κ2) is 7.93. The molecule has 0 aromatic heterocycles. The first kappa shape index (κ1) is 15.7. The molecular weight excluding hydrogens is 251 g/mol. The second-order valence-electron chi connectivity index (χ2n) is 4.51. The Kier molecular flexibility index (Phi) is 6.91. The summed E-state index contributed by atoms with van der Waals surface area (Å²) in [6, 6.07) is 0. The van der Waals surface area contributed by atoms with Gasteiger partial charge in [-0.1, -0.05) is 0 Å². The molecule has 0 bridgehead atoms. The highest BCUT2D eigenvalue weighted by molar-refractivity contribution is 4.72. The fraction of sp³-hybridized carbons (Fsp3) is 1.00. The lowest BCUT2D eigenvalue weighted by Crippen LogP contribution is -2.33. The Morgan fingerprint density at radius 3 is 2.61 bits per heavy atom. The van der Waals surface area contributed by atoms with E-state index in [-0.39, 0.29) is 19.8 Å². The van der Waals surface area contributed by atoms with Crippen LogP contribution in [-0.4, -0.2) is 56.9 Å². The third kappa shape index (κ3) is 9.64. The molecule has 0 radical (unpaired) electrons. The number of rotatable bonds is 10. The molecule has 108 valence electrons. The molecule has 0 aliphatic heterocycles. The molecule has 0 amide bonds. The zero-order chi connectivity index (χ0) is 13.4. The lowest BCUT2D eigenvalue weighted by atomic mass is 10.3. The van der Waals surface area contributed by atoms with Gasteiger partial charge in [-0.05, 0) is 18.8 Å². The first-order valence-corrected chi connectivity index (χ1v) is 6.08. The van der Waals surface area contributed by atoms with Crippen LogP contribution in [0.25, 0.3) is 0 Å². The average Bonchev–Trinajstić information content (AvgIpc) is 3.05. The van der Waals surface area contributed by atoms with Gasteiger partial charge in [-0.3, -0.25) is 0 Å². The minimum Gasteiger partial charge on any atom is -0.389 e. The Morgan fingerprint density at radius 2 is 2.00 bits per heavy atom. The number of hydrogen-bond acceptors (Lipinski definition) is 4. The van der Waals surface area contributed by atoms with Crippen LogP contribution in [-0.2, 0) is 9.47 Å². The summed E-state index contributed by atoms with van der Waals surface area (Å²) in [5, 5.41) is 12.3. The number of aliphatic hydroxyl groups excluding tert-OH is 1. The van der Waals surface area contributed by atoms with Crippen LogP contribution in [0, 0.1) is 5.92 Å². The predicted octanol–water partition coefficient (Wildman–Crippen LogP) is 0.942. The molecule has 1 aliphatic rings. The zero-order valence-corrected chi connectivity index (χ0v) is 10.2. The zero-order valence-electron chi connectivity index (χ0n) is 10.2. The Hall–Kier alpha value is -0.370. The van der Waals surface area contributed by atoms with Crippen LogP contribution in [0.5, 0.6) is 0 Å². The first-order valence-electron chi connectivity index (χ1n) is 6.08. The molecule has 4 nitrogen and oxygen atoms in total. The van der Waals surface area contributed by atoms with Gasteiger partial charge in [0.1, 0.15) is 6.61 Å². The lowest BCUT2D eigenvalue weighted by molar-refractivity contribution is -0.173. The molecule has 18 heavy (non-hydrogen) atoms. The minimum atomic E-state index is -4.28. The van der Waals surface area contributed by atoms with Crippen LogP contribution in [0.1, 0.15) is 12.8 Å². The van der Waals surface area contributed by atoms with Gasteiger partial charge in [0.25, 0.3) is 0 Å². The van der Waals surface area contributed by atoms with Gasteiger partial charge in [-0.25, -0.2) is 0 Å². The van der Waals surface area contributed by atoms with Crippen molar-refractivity contribution in [2.24, 2.45) is 5.92 Å². The van der Waals surface area contributed by atoms with E-state index in [4.69, 9.17) is 4.74 Å². The van der Waals surface area contributed by atoms with Crippen LogP contribution < -0.4 is 5.32 Å². The second-order valence-corrected chi connectivity index (χ2v) is 4.51. The van der Waals surface area contributed by atoms with Gasteiger partial charge in [0.2, 0.25) is 0 Å². The Labute approximate surface area is 104 Å². The molecule has 2 N–H and O–H groups in total. The highest BCUT2D eigenvalue weighted by Crippen LogP contribution is 2.28. The number of ether oxygens (including phenoxy) is 2. The van der Waals surface area contributed by atoms with Crippen molar-refractivity contribution < 1.29 is 27.8 Å². The normalized spacial score (nSPS) is 18.0. The molecule has 1 saturated carbocycles. The quantitative estimate of drug-likeness (QED) is 0.581. The maximum absolute atomic E-state index is 11.7. The first-order chi connectivity index (χ1) is 8.47. The van der Waals surface area contributed by atoms with Gasteiger partial charge >= 0.3 is 6.18 Å². The van der Waals surface area contributed by atoms with Gasteiger partial charge in [0.05, 0.1) is 19.3 Å². The van der Waals surface area contributed by atoms with Gasteiger partial charge in [-0.15, -0.1) is 0 Å². The van der Waals surface area contributed by atoms with E-state index in [2.05, 4.69) is 10.1 Å². The van der Waals surface area contributed by atoms with Crippen LogP contribution in [0.15, 0.2) is 0 Å². The Balaban J connectivity index is 1.81. The van der Waals surface area contributed by atoms with E-state index in [0.29, 0.717) is 19.1 Å². The summed E-state index contributed by atoms with van der Waals surface area (Å²) in [6.45, 7) is 0.241. The van der Waals surface area contributed by atoms with Gasteiger partial charge in [0, 0.05) is 19.7 Å². The standard InChI is InChI=1S/C11H20F3NO3/c12-11(13,14)8-17-4-3-15-5-10(16)7-18-6-9-1-2-9/h9-10,15-16H,1-8H2. The Bertz CT molecular complexity index is 222.